The number of nitrogens with one attached hydrogen (secondary N) is 2. The highest BCUT2D eigenvalue weighted by atomic mass is 16.4. The van der Waals surface area contributed by atoms with Crippen molar-refractivity contribution >= 4 is 23.5 Å². The molecule has 0 bridgehead atoms. The van der Waals surface area contributed by atoms with Crippen LogP contribution in [0, 0.1) is 0 Å². The average molecular weight is 354 g/mol. The van der Waals surface area contributed by atoms with Crippen molar-refractivity contribution in [1.29, 1.82) is 0 Å². The van der Waals surface area contributed by atoms with E-state index in [9.17, 15) is 14.4 Å². The number of amides is 2. The number of carbonyl (C=O) groups excluding carboxylic acids is 2. The minimum absolute atomic E-state index is 0.0238. The molecule has 0 fully saturated rings. The van der Waals surface area contributed by atoms with Crippen LogP contribution < -0.4 is 10.6 Å². The van der Waals surface area contributed by atoms with E-state index in [1.165, 1.54) is 0 Å². The maximum Gasteiger partial charge on any atom is 0.303 e. The van der Waals surface area contributed by atoms with Crippen LogP contribution >= 0.6 is 0 Å². The highest BCUT2D eigenvalue weighted by Crippen LogP contribution is 2.15. The topological polar surface area (TPSA) is 95.5 Å². The molecule has 0 unspecified atom stereocenters. The quantitative estimate of drug-likeness (QED) is 0.712. The van der Waals surface area contributed by atoms with Crippen LogP contribution in [0.5, 0.6) is 0 Å². The largest absolute Gasteiger partial charge is 0.481 e. The third kappa shape index (κ3) is 5.44. The summed E-state index contributed by atoms with van der Waals surface area (Å²) in [5.74, 6) is -1.57. The van der Waals surface area contributed by atoms with Crippen LogP contribution in [0.2, 0.25) is 0 Å². The summed E-state index contributed by atoms with van der Waals surface area (Å²) in [5.41, 5.74) is 0.726. The molecule has 26 heavy (non-hydrogen) atoms. The van der Waals surface area contributed by atoms with E-state index < -0.39 is 11.5 Å². The number of carbonyl (C=O) groups is 3. The average Bonchev–Trinajstić information content (AvgIpc) is 2.60. The van der Waals surface area contributed by atoms with Crippen molar-refractivity contribution in [1.82, 2.24) is 5.32 Å². The van der Waals surface area contributed by atoms with Crippen LogP contribution in [0.25, 0.3) is 0 Å². The number of hydrogen-bond acceptors (Lipinski definition) is 3. The number of aliphatic carboxylic acids is 1. The van der Waals surface area contributed by atoms with Crippen molar-refractivity contribution < 1.29 is 19.5 Å². The van der Waals surface area contributed by atoms with Crippen molar-refractivity contribution in [3.63, 3.8) is 0 Å². The molecule has 0 aliphatic rings. The number of anilines is 1. The fraction of sp³-hybridized carbons (Fsp3) is 0.250. The van der Waals surface area contributed by atoms with Gasteiger partial charge in [0.2, 0.25) is 5.91 Å². The van der Waals surface area contributed by atoms with Gasteiger partial charge < -0.3 is 15.7 Å². The summed E-state index contributed by atoms with van der Waals surface area (Å²) in [6, 6.07) is 15.7. The van der Waals surface area contributed by atoms with Crippen molar-refractivity contribution in [2.45, 2.75) is 32.2 Å². The van der Waals surface area contributed by atoms with Gasteiger partial charge in [-0.2, -0.15) is 0 Å². The third-order valence-electron chi connectivity index (χ3n) is 3.84. The molecule has 6 heteroatoms. The molecular weight excluding hydrogens is 332 g/mol. The zero-order valence-corrected chi connectivity index (χ0v) is 14.8. The van der Waals surface area contributed by atoms with Gasteiger partial charge in [0.15, 0.2) is 0 Å². The number of aryl methyl sites for hydroxylation is 1. The first kappa shape index (κ1) is 19.2. The molecule has 0 atom stereocenters. The molecule has 6 nitrogen and oxygen atoms in total. The molecule has 0 aromatic heterocycles. The molecule has 2 aromatic carbocycles. The van der Waals surface area contributed by atoms with Gasteiger partial charge in [-0.05, 0) is 50.1 Å². The number of carboxylic acid groups (broad SMARTS) is 1. The first-order valence-electron chi connectivity index (χ1n) is 8.28. The lowest BCUT2D eigenvalue weighted by Crippen LogP contribution is -2.52. The molecule has 0 aliphatic heterocycles. The van der Waals surface area contributed by atoms with Crippen molar-refractivity contribution in [2.24, 2.45) is 0 Å². The van der Waals surface area contributed by atoms with Crippen LogP contribution in [-0.4, -0.2) is 28.4 Å². The standard InChI is InChI=1S/C20H22N2O4/c1-20(2,22-18(25)15-8-4-3-5-9-15)19(26)21-16-10-6-7-14(13-16)11-12-17(23)24/h3-10,13H,11-12H2,1-2H3,(H,21,26)(H,22,25)(H,23,24). The van der Waals surface area contributed by atoms with Crippen LogP contribution in [0.3, 0.4) is 0 Å². The van der Waals surface area contributed by atoms with E-state index in [2.05, 4.69) is 10.6 Å². The molecule has 2 amide bonds. The van der Waals surface area contributed by atoms with Crippen molar-refractivity contribution in [3.8, 4) is 0 Å². The van der Waals surface area contributed by atoms with E-state index in [1.54, 1.807) is 62.4 Å². The second kappa shape index (κ2) is 8.29. The lowest BCUT2D eigenvalue weighted by molar-refractivity contribution is -0.137. The second-order valence-corrected chi connectivity index (χ2v) is 6.49. The van der Waals surface area contributed by atoms with Gasteiger partial charge in [0.1, 0.15) is 5.54 Å². The van der Waals surface area contributed by atoms with Crippen LogP contribution in [0.4, 0.5) is 5.69 Å². The Bertz CT molecular complexity index is 800. The predicted octanol–water partition coefficient (Wildman–Crippen LogP) is 2.85. The second-order valence-electron chi connectivity index (χ2n) is 6.49. The van der Waals surface area contributed by atoms with Crippen LogP contribution in [-0.2, 0) is 16.0 Å². The number of rotatable bonds is 7. The minimum Gasteiger partial charge on any atom is -0.481 e. The number of hydrogen-bond donors (Lipinski definition) is 3. The molecule has 136 valence electrons. The zero-order valence-electron chi connectivity index (χ0n) is 14.8. The summed E-state index contributed by atoms with van der Waals surface area (Å²) in [6.45, 7) is 3.24. The fourth-order valence-corrected chi connectivity index (χ4v) is 2.35. The summed E-state index contributed by atoms with van der Waals surface area (Å²) in [7, 11) is 0. The Labute approximate surface area is 152 Å². The first-order valence-corrected chi connectivity index (χ1v) is 8.28. The smallest absolute Gasteiger partial charge is 0.303 e. The Kier molecular flexibility index (Phi) is 6.11. The molecule has 0 spiro atoms. The van der Waals surface area contributed by atoms with E-state index >= 15 is 0 Å². The van der Waals surface area contributed by atoms with Gasteiger partial charge in [0, 0.05) is 17.7 Å². The molecule has 0 radical (unpaired) electrons. The van der Waals surface area contributed by atoms with E-state index in [0.717, 1.165) is 5.56 Å². The van der Waals surface area contributed by atoms with Gasteiger partial charge in [-0.3, -0.25) is 14.4 Å². The van der Waals surface area contributed by atoms with E-state index in [0.29, 0.717) is 17.7 Å². The molecule has 0 heterocycles. The minimum atomic E-state index is -1.12. The van der Waals surface area contributed by atoms with Crippen molar-refractivity contribution in [3.05, 3.63) is 65.7 Å². The molecule has 3 N–H and O–H groups in total. The van der Waals surface area contributed by atoms with Gasteiger partial charge in [-0.1, -0.05) is 30.3 Å². The lowest BCUT2D eigenvalue weighted by atomic mass is 10.0. The Morgan fingerprint density at radius 1 is 1.00 bits per heavy atom. The van der Waals surface area contributed by atoms with E-state index in [4.69, 9.17) is 5.11 Å². The lowest BCUT2D eigenvalue weighted by Gasteiger charge is -2.25. The normalized spacial score (nSPS) is 10.8. The van der Waals surface area contributed by atoms with Crippen LogP contribution in [0.15, 0.2) is 54.6 Å². The zero-order chi connectivity index (χ0) is 19.2. The Balaban J connectivity index is 2.02. The van der Waals surface area contributed by atoms with Gasteiger partial charge in [0.05, 0.1) is 0 Å². The summed E-state index contributed by atoms with van der Waals surface area (Å²) in [4.78, 5) is 35.5. The van der Waals surface area contributed by atoms with E-state index in [-0.39, 0.29) is 18.2 Å². The molecule has 0 saturated heterocycles. The Morgan fingerprint density at radius 2 is 1.69 bits per heavy atom. The molecule has 0 aliphatic carbocycles. The summed E-state index contributed by atoms with van der Waals surface area (Å²) >= 11 is 0. The summed E-state index contributed by atoms with van der Waals surface area (Å²) in [6.07, 6.45) is 0.406. The summed E-state index contributed by atoms with van der Waals surface area (Å²) < 4.78 is 0. The van der Waals surface area contributed by atoms with E-state index in [1.807, 2.05) is 6.07 Å². The van der Waals surface area contributed by atoms with Gasteiger partial charge in [0.25, 0.3) is 5.91 Å². The van der Waals surface area contributed by atoms with Gasteiger partial charge >= 0.3 is 5.97 Å². The molecular formula is C20H22N2O4. The first-order chi connectivity index (χ1) is 12.3. The van der Waals surface area contributed by atoms with Gasteiger partial charge in [-0.25, -0.2) is 0 Å². The monoisotopic (exact) mass is 354 g/mol. The summed E-state index contributed by atoms with van der Waals surface area (Å²) in [5, 5.41) is 14.2. The maximum atomic E-state index is 12.6. The number of benzene rings is 2. The van der Waals surface area contributed by atoms with Gasteiger partial charge in [-0.15, -0.1) is 0 Å². The third-order valence-corrected chi connectivity index (χ3v) is 3.84. The number of carboxylic acids is 1. The van der Waals surface area contributed by atoms with Crippen molar-refractivity contribution in [2.75, 3.05) is 5.32 Å². The molecule has 0 saturated carbocycles. The highest BCUT2D eigenvalue weighted by Gasteiger charge is 2.29. The molecule has 2 rings (SSSR count). The molecule has 2 aromatic rings. The Hall–Kier alpha value is -3.15. The predicted molar refractivity (Wildman–Crippen MR) is 99.0 cm³/mol. The SMILES string of the molecule is CC(C)(NC(=O)c1ccccc1)C(=O)Nc1cccc(CCC(=O)O)c1. The Morgan fingerprint density at radius 3 is 2.35 bits per heavy atom. The fourth-order valence-electron chi connectivity index (χ4n) is 2.35. The van der Waals surface area contributed by atoms with Crippen LogP contribution in [0.1, 0.15) is 36.2 Å². The maximum absolute atomic E-state index is 12.6. The highest BCUT2D eigenvalue weighted by molar-refractivity contribution is 6.03.